The highest BCUT2D eigenvalue weighted by Gasteiger charge is 2.38. The molecule has 3 rings (SSSR count). The molecule has 2 aliphatic rings. The number of nitrogens with zero attached hydrogens (tertiary/aromatic N) is 4. The van der Waals surface area contributed by atoms with Crippen LogP contribution in [0.25, 0.3) is 0 Å². The van der Waals surface area contributed by atoms with Crippen LogP contribution >= 0.6 is 11.3 Å². The van der Waals surface area contributed by atoms with Gasteiger partial charge in [0.15, 0.2) is 6.23 Å². The minimum absolute atomic E-state index is 0.208. The van der Waals surface area contributed by atoms with Gasteiger partial charge < -0.3 is 10.0 Å². The summed E-state index contributed by atoms with van der Waals surface area (Å²) in [4.78, 5) is 14.9. The Bertz CT molecular complexity index is 521. The molecule has 21 heavy (non-hydrogen) atoms. The van der Waals surface area contributed by atoms with Crippen molar-refractivity contribution in [2.75, 3.05) is 18.5 Å². The Balaban J connectivity index is 1.71. The number of urea groups is 1. The number of aliphatic hydroxyl groups excluding tert-OH is 1. The largest absolute Gasteiger partial charge is 0.371 e. The lowest BCUT2D eigenvalue weighted by Gasteiger charge is -2.14. The summed E-state index contributed by atoms with van der Waals surface area (Å²) < 4.78 is 0. The Morgan fingerprint density at radius 3 is 2.86 bits per heavy atom. The van der Waals surface area contributed by atoms with E-state index >= 15 is 0 Å². The first-order valence-corrected chi connectivity index (χ1v) is 8.47. The van der Waals surface area contributed by atoms with Crippen molar-refractivity contribution < 1.29 is 9.90 Å². The van der Waals surface area contributed by atoms with Gasteiger partial charge in [0.1, 0.15) is 5.01 Å². The van der Waals surface area contributed by atoms with Gasteiger partial charge in [0.25, 0.3) is 0 Å². The number of carbonyl (C=O) groups excluding carboxylic acids is 1. The van der Waals surface area contributed by atoms with Crippen molar-refractivity contribution in [3.8, 4) is 0 Å². The molecule has 1 aliphatic carbocycles. The van der Waals surface area contributed by atoms with Crippen molar-refractivity contribution in [3.05, 3.63) is 5.01 Å². The van der Waals surface area contributed by atoms with Crippen LogP contribution in [0.5, 0.6) is 0 Å². The van der Waals surface area contributed by atoms with Crippen LogP contribution in [0, 0.1) is 5.92 Å². The fourth-order valence-electron chi connectivity index (χ4n) is 3.38. The SMILES string of the molecule is CCCC1CCC(c2nnc(N3C(=O)N(C)CC3O)s2)C1. The number of β-amino-alcohol motifs (C(OH)–C–C–N with tert-alkyl or cyclic N) is 1. The number of amides is 2. The molecular formula is C14H22N4O2S. The van der Waals surface area contributed by atoms with Gasteiger partial charge in [0.05, 0.1) is 6.54 Å². The van der Waals surface area contributed by atoms with Crippen LogP contribution < -0.4 is 4.90 Å². The number of rotatable bonds is 4. The zero-order valence-corrected chi connectivity index (χ0v) is 13.3. The number of aromatic nitrogens is 2. The van der Waals surface area contributed by atoms with Gasteiger partial charge in [-0.25, -0.2) is 9.69 Å². The first-order chi connectivity index (χ1) is 10.1. The number of anilines is 1. The second kappa shape index (κ2) is 5.88. The van der Waals surface area contributed by atoms with E-state index in [4.69, 9.17) is 0 Å². The predicted octanol–water partition coefficient (Wildman–Crippen LogP) is 2.41. The number of hydrogen-bond acceptors (Lipinski definition) is 5. The molecule has 2 fully saturated rings. The minimum Gasteiger partial charge on any atom is -0.371 e. The summed E-state index contributed by atoms with van der Waals surface area (Å²) in [5.74, 6) is 1.28. The van der Waals surface area contributed by atoms with E-state index in [1.807, 2.05) is 0 Å². The van der Waals surface area contributed by atoms with E-state index in [1.54, 1.807) is 7.05 Å². The van der Waals surface area contributed by atoms with Crippen molar-refractivity contribution in [3.63, 3.8) is 0 Å². The molecule has 0 radical (unpaired) electrons. The van der Waals surface area contributed by atoms with E-state index in [0.29, 0.717) is 17.6 Å². The molecule has 116 valence electrons. The average Bonchev–Trinajstić information content (AvgIpc) is 3.12. The summed E-state index contributed by atoms with van der Waals surface area (Å²) in [6.07, 6.45) is 5.31. The summed E-state index contributed by atoms with van der Waals surface area (Å²) in [6.45, 7) is 2.54. The lowest BCUT2D eigenvalue weighted by Crippen LogP contribution is -2.34. The Morgan fingerprint density at radius 2 is 2.19 bits per heavy atom. The molecule has 7 heteroatoms. The van der Waals surface area contributed by atoms with Crippen molar-refractivity contribution >= 4 is 22.5 Å². The quantitative estimate of drug-likeness (QED) is 0.927. The number of aliphatic hydroxyl groups is 1. The fourth-order valence-corrected chi connectivity index (χ4v) is 4.41. The molecule has 1 saturated heterocycles. The van der Waals surface area contributed by atoms with Crippen LogP contribution in [-0.4, -0.2) is 46.1 Å². The van der Waals surface area contributed by atoms with Crippen molar-refractivity contribution in [1.29, 1.82) is 0 Å². The third-order valence-electron chi connectivity index (χ3n) is 4.49. The molecule has 2 heterocycles. The van der Waals surface area contributed by atoms with Gasteiger partial charge in [-0.15, -0.1) is 10.2 Å². The molecule has 1 N–H and O–H groups in total. The smallest absolute Gasteiger partial charge is 0.328 e. The average molecular weight is 310 g/mol. The summed E-state index contributed by atoms with van der Waals surface area (Å²) in [5.41, 5.74) is 0. The van der Waals surface area contributed by atoms with Crippen molar-refractivity contribution in [2.24, 2.45) is 5.92 Å². The zero-order chi connectivity index (χ0) is 15.0. The van der Waals surface area contributed by atoms with Crippen LogP contribution in [0.1, 0.15) is 50.0 Å². The first-order valence-electron chi connectivity index (χ1n) is 7.66. The fraction of sp³-hybridized carbons (Fsp3) is 0.786. The van der Waals surface area contributed by atoms with Crippen LogP contribution in [0.2, 0.25) is 0 Å². The maximum absolute atomic E-state index is 12.0. The number of likely N-dealkylation sites (N-methyl/N-ethyl adjacent to an activating group) is 1. The molecule has 2 amide bonds. The van der Waals surface area contributed by atoms with Gasteiger partial charge >= 0.3 is 6.03 Å². The van der Waals surface area contributed by atoms with Crippen LogP contribution in [0.4, 0.5) is 9.93 Å². The van der Waals surface area contributed by atoms with E-state index in [2.05, 4.69) is 17.1 Å². The second-order valence-corrected chi connectivity index (χ2v) is 7.09. The van der Waals surface area contributed by atoms with E-state index in [9.17, 15) is 9.90 Å². The third kappa shape index (κ3) is 2.76. The van der Waals surface area contributed by atoms with Crippen LogP contribution in [0.15, 0.2) is 0 Å². The second-order valence-electron chi connectivity index (χ2n) is 6.10. The van der Waals surface area contributed by atoms with Crippen LogP contribution in [0.3, 0.4) is 0 Å². The van der Waals surface area contributed by atoms with E-state index < -0.39 is 6.23 Å². The maximum Gasteiger partial charge on any atom is 0.328 e. The predicted molar refractivity (Wildman–Crippen MR) is 81.4 cm³/mol. The minimum atomic E-state index is -0.820. The van der Waals surface area contributed by atoms with Gasteiger partial charge in [-0.05, 0) is 25.2 Å². The molecule has 1 aliphatic heterocycles. The number of carbonyl (C=O) groups is 1. The molecular weight excluding hydrogens is 288 g/mol. The summed E-state index contributed by atoms with van der Waals surface area (Å²) in [7, 11) is 1.68. The molecule has 1 aromatic rings. The molecule has 3 atom stereocenters. The summed E-state index contributed by atoms with van der Waals surface area (Å²) in [5, 5.41) is 19.9. The summed E-state index contributed by atoms with van der Waals surface area (Å²) >= 11 is 1.45. The Labute approximate surface area is 128 Å². The molecule has 0 aromatic carbocycles. The highest BCUT2D eigenvalue weighted by Crippen LogP contribution is 2.42. The maximum atomic E-state index is 12.0. The van der Waals surface area contributed by atoms with Gasteiger partial charge in [0.2, 0.25) is 5.13 Å². The lowest BCUT2D eigenvalue weighted by molar-refractivity contribution is 0.183. The summed E-state index contributed by atoms with van der Waals surface area (Å²) in [6, 6.07) is -0.208. The standard InChI is InChI=1S/C14H22N4O2S/c1-3-4-9-5-6-10(7-9)12-15-16-13(21-12)18-11(19)8-17(2)14(18)20/h9-11,19H,3-8H2,1-2H3. The third-order valence-corrected chi connectivity index (χ3v) is 5.58. The van der Waals surface area contributed by atoms with Crippen molar-refractivity contribution in [2.45, 2.75) is 51.2 Å². The highest BCUT2D eigenvalue weighted by molar-refractivity contribution is 7.15. The van der Waals surface area contributed by atoms with Crippen LogP contribution in [-0.2, 0) is 0 Å². The Kier molecular flexibility index (Phi) is 4.12. The lowest BCUT2D eigenvalue weighted by atomic mass is 10.0. The highest BCUT2D eigenvalue weighted by atomic mass is 32.1. The normalized spacial score (nSPS) is 29.7. The van der Waals surface area contributed by atoms with Gasteiger partial charge in [-0.2, -0.15) is 0 Å². The van der Waals surface area contributed by atoms with Gasteiger partial charge in [0, 0.05) is 13.0 Å². The van der Waals surface area contributed by atoms with Gasteiger partial charge in [-0.3, -0.25) is 0 Å². The topological polar surface area (TPSA) is 69.6 Å². The van der Waals surface area contributed by atoms with E-state index in [-0.39, 0.29) is 6.03 Å². The molecule has 3 unspecified atom stereocenters. The van der Waals surface area contributed by atoms with Gasteiger partial charge in [-0.1, -0.05) is 31.1 Å². The van der Waals surface area contributed by atoms with E-state index in [0.717, 1.165) is 17.3 Å². The van der Waals surface area contributed by atoms with Crippen molar-refractivity contribution in [1.82, 2.24) is 15.1 Å². The Hall–Kier alpha value is -1.21. The Morgan fingerprint density at radius 1 is 1.38 bits per heavy atom. The molecule has 1 aromatic heterocycles. The molecule has 0 bridgehead atoms. The van der Waals surface area contributed by atoms with E-state index in [1.165, 1.54) is 46.8 Å². The molecule has 0 spiro atoms. The first kappa shape index (κ1) is 14.7. The molecule has 1 saturated carbocycles. The number of hydrogen-bond donors (Lipinski definition) is 1. The zero-order valence-electron chi connectivity index (χ0n) is 12.5. The molecule has 6 nitrogen and oxygen atoms in total. The monoisotopic (exact) mass is 310 g/mol.